The molecule has 128 valence electrons. The maximum Gasteiger partial charge on any atom is 0.119 e. The highest BCUT2D eigenvalue weighted by Gasteiger charge is 2.30. The molecule has 4 nitrogen and oxygen atoms in total. The topological polar surface area (TPSA) is 35.9 Å². The zero-order valence-corrected chi connectivity index (χ0v) is 14.3. The van der Waals surface area contributed by atoms with E-state index < -0.39 is 0 Å². The van der Waals surface area contributed by atoms with E-state index in [0.717, 1.165) is 38.4 Å². The molecule has 2 aliphatic rings. The molecule has 0 aromatic heterocycles. The van der Waals surface area contributed by atoms with Gasteiger partial charge in [0.25, 0.3) is 0 Å². The lowest BCUT2D eigenvalue weighted by molar-refractivity contribution is 0.115. The SMILES string of the molecule is Cc1cccc(OCCN2CCCC2CN2CCCC2CO)c1. The predicted octanol–water partition coefficient (Wildman–Crippen LogP) is 2.29. The van der Waals surface area contributed by atoms with E-state index in [0.29, 0.717) is 18.7 Å². The van der Waals surface area contributed by atoms with E-state index in [1.807, 2.05) is 12.1 Å². The fourth-order valence-corrected chi connectivity index (χ4v) is 4.00. The lowest BCUT2D eigenvalue weighted by Gasteiger charge is -2.31. The van der Waals surface area contributed by atoms with Crippen molar-refractivity contribution in [2.24, 2.45) is 0 Å². The number of ether oxygens (including phenoxy) is 1. The number of aliphatic hydroxyl groups excluding tert-OH is 1. The van der Waals surface area contributed by atoms with Gasteiger partial charge in [-0.15, -0.1) is 0 Å². The first-order chi connectivity index (χ1) is 11.3. The number of hydrogen-bond acceptors (Lipinski definition) is 4. The van der Waals surface area contributed by atoms with Crippen LogP contribution in [0.4, 0.5) is 0 Å². The molecular formula is C19H30N2O2. The summed E-state index contributed by atoms with van der Waals surface area (Å²) < 4.78 is 5.91. The third-order valence-corrected chi connectivity index (χ3v) is 5.29. The summed E-state index contributed by atoms with van der Waals surface area (Å²) in [6.07, 6.45) is 4.94. The van der Waals surface area contributed by atoms with E-state index in [-0.39, 0.29) is 0 Å². The van der Waals surface area contributed by atoms with E-state index in [9.17, 15) is 5.11 Å². The molecule has 0 radical (unpaired) electrons. The van der Waals surface area contributed by atoms with E-state index >= 15 is 0 Å². The third kappa shape index (κ3) is 4.46. The number of likely N-dealkylation sites (tertiary alicyclic amines) is 2. The quantitative estimate of drug-likeness (QED) is 0.837. The molecule has 3 rings (SSSR count). The molecule has 0 aliphatic carbocycles. The van der Waals surface area contributed by atoms with E-state index in [1.54, 1.807) is 0 Å². The van der Waals surface area contributed by atoms with Crippen molar-refractivity contribution in [1.29, 1.82) is 0 Å². The van der Waals surface area contributed by atoms with Gasteiger partial charge in [-0.3, -0.25) is 9.80 Å². The average Bonchev–Trinajstić information content (AvgIpc) is 3.17. The number of aliphatic hydroxyl groups is 1. The van der Waals surface area contributed by atoms with Crippen molar-refractivity contribution >= 4 is 0 Å². The average molecular weight is 318 g/mol. The summed E-state index contributed by atoms with van der Waals surface area (Å²) in [6, 6.07) is 9.29. The molecular weight excluding hydrogens is 288 g/mol. The minimum atomic E-state index is 0.309. The second-order valence-corrected chi connectivity index (χ2v) is 6.97. The van der Waals surface area contributed by atoms with E-state index in [2.05, 4.69) is 28.9 Å². The summed E-state index contributed by atoms with van der Waals surface area (Å²) >= 11 is 0. The number of aryl methyl sites for hydroxylation is 1. The molecule has 2 fully saturated rings. The van der Waals surface area contributed by atoms with Crippen molar-refractivity contribution in [3.05, 3.63) is 29.8 Å². The molecule has 0 spiro atoms. The molecule has 23 heavy (non-hydrogen) atoms. The number of nitrogens with zero attached hydrogens (tertiary/aromatic N) is 2. The lowest BCUT2D eigenvalue weighted by Crippen LogP contribution is -2.44. The Morgan fingerprint density at radius 2 is 1.91 bits per heavy atom. The molecule has 2 atom stereocenters. The number of hydrogen-bond donors (Lipinski definition) is 1. The van der Waals surface area contributed by atoms with Gasteiger partial charge in [0, 0.05) is 25.2 Å². The smallest absolute Gasteiger partial charge is 0.119 e. The Morgan fingerprint density at radius 1 is 1.13 bits per heavy atom. The maximum absolute atomic E-state index is 9.49. The van der Waals surface area contributed by atoms with Gasteiger partial charge in [0.15, 0.2) is 0 Å². The van der Waals surface area contributed by atoms with Crippen LogP contribution in [-0.4, -0.2) is 66.4 Å². The first-order valence-corrected chi connectivity index (χ1v) is 9.04. The molecule has 1 aromatic rings. The summed E-state index contributed by atoms with van der Waals surface area (Å²) in [5.41, 5.74) is 1.24. The van der Waals surface area contributed by atoms with Gasteiger partial charge < -0.3 is 9.84 Å². The van der Waals surface area contributed by atoms with Crippen molar-refractivity contribution in [2.75, 3.05) is 39.4 Å². The van der Waals surface area contributed by atoms with Crippen LogP contribution in [0.3, 0.4) is 0 Å². The van der Waals surface area contributed by atoms with Crippen molar-refractivity contribution in [2.45, 2.75) is 44.7 Å². The molecule has 2 saturated heterocycles. The van der Waals surface area contributed by atoms with Gasteiger partial charge in [0.2, 0.25) is 0 Å². The minimum absolute atomic E-state index is 0.309. The van der Waals surface area contributed by atoms with Crippen LogP contribution in [0.5, 0.6) is 5.75 Å². The normalized spacial score (nSPS) is 26.0. The van der Waals surface area contributed by atoms with Crippen LogP contribution in [0.15, 0.2) is 24.3 Å². The molecule has 2 aliphatic heterocycles. The number of rotatable bonds is 7. The van der Waals surface area contributed by atoms with E-state index in [1.165, 1.54) is 31.4 Å². The largest absolute Gasteiger partial charge is 0.492 e. The van der Waals surface area contributed by atoms with Crippen LogP contribution < -0.4 is 4.74 Å². The Morgan fingerprint density at radius 3 is 2.70 bits per heavy atom. The monoisotopic (exact) mass is 318 g/mol. The lowest BCUT2D eigenvalue weighted by atomic mass is 10.2. The van der Waals surface area contributed by atoms with Crippen LogP contribution in [0.2, 0.25) is 0 Å². The minimum Gasteiger partial charge on any atom is -0.492 e. The molecule has 4 heteroatoms. The molecule has 1 aromatic carbocycles. The summed E-state index contributed by atoms with van der Waals surface area (Å²) in [5, 5.41) is 9.49. The molecule has 1 N–H and O–H groups in total. The summed E-state index contributed by atoms with van der Waals surface area (Å²) in [7, 11) is 0. The third-order valence-electron chi connectivity index (χ3n) is 5.29. The predicted molar refractivity (Wildman–Crippen MR) is 92.9 cm³/mol. The number of benzene rings is 1. The fourth-order valence-electron chi connectivity index (χ4n) is 4.00. The Balaban J connectivity index is 1.45. The summed E-state index contributed by atoms with van der Waals surface area (Å²) in [4.78, 5) is 5.06. The van der Waals surface area contributed by atoms with Gasteiger partial charge in [0.1, 0.15) is 12.4 Å². The first-order valence-electron chi connectivity index (χ1n) is 9.04. The summed E-state index contributed by atoms with van der Waals surface area (Å²) in [6.45, 7) is 7.59. The van der Waals surface area contributed by atoms with Gasteiger partial charge >= 0.3 is 0 Å². The van der Waals surface area contributed by atoms with Gasteiger partial charge in [-0.2, -0.15) is 0 Å². The Labute approximate surface area is 140 Å². The van der Waals surface area contributed by atoms with Crippen LogP contribution >= 0.6 is 0 Å². The van der Waals surface area contributed by atoms with Crippen molar-refractivity contribution in [3.63, 3.8) is 0 Å². The van der Waals surface area contributed by atoms with Gasteiger partial charge in [-0.25, -0.2) is 0 Å². The van der Waals surface area contributed by atoms with Crippen molar-refractivity contribution < 1.29 is 9.84 Å². The van der Waals surface area contributed by atoms with Crippen molar-refractivity contribution in [3.8, 4) is 5.75 Å². The van der Waals surface area contributed by atoms with Gasteiger partial charge in [0.05, 0.1) is 6.61 Å². The zero-order chi connectivity index (χ0) is 16.1. The fraction of sp³-hybridized carbons (Fsp3) is 0.684. The molecule has 0 amide bonds. The highest BCUT2D eigenvalue weighted by atomic mass is 16.5. The second-order valence-electron chi connectivity index (χ2n) is 6.97. The zero-order valence-electron chi connectivity index (χ0n) is 14.3. The second kappa shape index (κ2) is 8.13. The van der Waals surface area contributed by atoms with Gasteiger partial charge in [-0.05, 0) is 63.4 Å². The van der Waals surface area contributed by atoms with Crippen LogP contribution in [0, 0.1) is 6.92 Å². The standard InChI is InChI=1S/C19H30N2O2/c1-16-5-2-8-19(13-16)23-12-11-20-9-3-6-17(20)14-21-10-4-7-18(21)15-22/h2,5,8,13,17-18,22H,3-4,6-7,9-12,14-15H2,1H3. The summed E-state index contributed by atoms with van der Waals surface area (Å²) in [5.74, 6) is 0.973. The van der Waals surface area contributed by atoms with Crippen LogP contribution in [0.1, 0.15) is 31.2 Å². The van der Waals surface area contributed by atoms with Crippen LogP contribution in [0.25, 0.3) is 0 Å². The molecule has 0 bridgehead atoms. The Kier molecular flexibility index (Phi) is 5.92. The molecule has 2 heterocycles. The highest BCUT2D eigenvalue weighted by Crippen LogP contribution is 2.23. The maximum atomic E-state index is 9.49. The van der Waals surface area contributed by atoms with E-state index in [4.69, 9.17) is 4.74 Å². The highest BCUT2D eigenvalue weighted by molar-refractivity contribution is 5.27. The van der Waals surface area contributed by atoms with Crippen molar-refractivity contribution in [1.82, 2.24) is 9.80 Å². The first kappa shape index (κ1) is 16.7. The molecule has 0 saturated carbocycles. The Hall–Kier alpha value is -1.10. The van der Waals surface area contributed by atoms with Gasteiger partial charge in [-0.1, -0.05) is 12.1 Å². The Bertz CT molecular complexity index is 494. The van der Waals surface area contributed by atoms with Crippen LogP contribution in [-0.2, 0) is 0 Å². The molecule has 2 unspecified atom stereocenters.